The molecule has 0 heterocycles. The molecule has 18 heavy (non-hydrogen) atoms. The van der Waals surface area contributed by atoms with Gasteiger partial charge in [0.1, 0.15) is 0 Å². The van der Waals surface area contributed by atoms with Gasteiger partial charge in [-0.25, -0.2) is 0 Å². The lowest BCUT2D eigenvalue weighted by molar-refractivity contribution is -0.126. The van der Waals surface area contributed by atoms with E-state index in [1.165, 1.54) is 5.56 Å². The number of hydrogen-bond donors (Lipinski definition) is 0. The molecule has 0 N–H and O–H groups in total. The molecule has 0 aliphatic carbocycles. The number of benzene rings is 1. The molecule has 0 aromatic heterocycles. The predicted molar refractivity (Wildman–Crippen MR) is 76.3 cm³/mol. The third-order valence-corrected chi connectivity index (χ3v) is 3.04. The molecular weight excluding hydrogens is 222 g/mol. The van der Waals surface area contributed by atoms with E-state index in [2.05, 4.69) is 19.9 Å². The Kier molecular flexibility index (Phi) is 5.90. The Hall–Kier alpha value is -1.31. The molecule has 1 aromatic rings. The molecule has 0 saturated carbocycles. The van der Waals surface area contributed by atoms with Gasteiger partial charge in [-0.05, 0) is 37.3 Å². The lowest BCUT2D eigenvalue weighted by Crippen LogP contribution is -2.31. The monoisotopic (exact) mass is 246 g/mol. The highest BCUT2D eigenvalue weighted by Gasteiger charge is 2.13. The predicted octanol–water partition coefficient (Wildman–Crippen LogP) is 3.31. The lowest BCUT2D eigenvalue weighted by Gasteiger charge is -2.19. The van der Waals surface area contributed by atoms with E-state index >= 15 is 0 Å². The fourth-order valence-corrected chi connectivity index (χ4v) is 2.06. The summed E-state index contributed by atoms with van der Waals surface area (Å²) in [5.41, 5.74) is 2.32. The number of nitrogens with zero attached hydrogens (tertiary/aromatic N) is 1. The van der Waals surface area contributed by atoms with Crippen LogP contribution in [-0.4, -0.2) is 23.9 Å². The van der Waals surface area contributed by atoms with Crippen molar-refractivity contribution < 1.29 is 4.79 Å². The molecule has 1 amide bonds. The van der Waals surface area contributed by atoms with Crippen molar-refractivity contribution in [3.63, 3.8) is 0 Å². The van der Waals surface area contributed by atoms with E-state index in [0.29, 0.717) is 5.92 Å². The largest absolute Gasteiger partial charge is 0.343 e. The Morgan fingerprint density at radius 2 is 1.83 bits per heavy atom. The van der Waals surface area contributed by atoms with Crippen LogP contribution >= 0.6 is 0 Å². The van der Waals surface area contributed by atoms with Crippen LogP contribution < -0.4 is 0 Å². The number of carbonyl (C=O) groups is 1. The topological polar surface area (TPSA) is 20.3 Å². The van der Waals surface area contributed by atoms with Gasteiger partial charge in [0, 0.05) is 13.1 Å². The number of amides is 1. The highest BCUT2D eigenvalue weighted by Crippen LogP contribution is 2.16. The second-order valence-electron chi connectivity index (χ2n) is 4.95. The summed E-state index contributed by atoms with van der Waals surface area (Å²) < 4.78 is 0. The SMILES string of the molecule is CCN(CC)C(=O)[CH]c1ccccc1CC(C)C. The smallest absolute Gasteiger partial charge is 0.231 e. The average molecular weight is 246 g/mol. The Morgan fingerprint density at radius 3 is 2.39 bits per heavy atom. The molecule has 0 fully saturated rings. The van der Waals surface area contributed by atoms with Crippen LogP contribution in [0.25, 0.3) is 0 Å². The van der Waals surface area contributed by atoms with E-state index in [1.807, 2.05) is 36.9 Å². The molecule has 0 spiro atoms. The molecule has 0 aliphatic heterocycles. The third kappa shape index (κ3) is 4.17. The van der Waals surface area contributed by atoms with Crippen molar-refractivity contribution in [1.29, 1.82) is 0 Å². The van der Waals surface area contributed by atoms with Crippen LogP contribution in [0.15, 0.2) is 24.3 Å². The zero-order valence-electron chi connectivity index (χ0n) is 11.9. The minimum absolute atomic E-state index is 0.108. The summed E-state index contributed by atoms with van der Waals surface area (Å²) in [6, 6.07) is 8.17. The minimum Gasteiger partial charge on any atom is -0.343 e. The first-order valence-electron chi connectivity index (χ1n) is 6.80. The quantitative estimate of drug-likeness (QED) is 0.754. The number of rotatable bonds is 6. The average Bonchev–Trinajstić information content (AvgIpc) is 2.32. The maximum absolute atomic E-state index is 12.1. The van der Waals surface area contributed by atoms with Crippen LogP contribution in [0.3, 0.4) is 0 Å². The highest BCUT2D eigenvalue weighted by atomic mass is 16.2. The van der Waals surface area contributed by atoms with Gasteiger partial charge in [-0.3, -0.25) is 4.79 Å². The first kappa shape index (κ1) is 14.7. The first-order valence-corrected chi connectivity index (χ1v) is 6.80. The van der Waals surface area contributed by atoms with E-state index < -0.39 is 0 Å². The molecule has 2 heteroatoms. The van der Waals surface area contributed by atoms with Crippen molar-refractivity contribution in [2.75, 3.05) is 13.1 Å². The summed E-state index contributed by atoms with van der Waals surface area (Å²) in [4.78, 5) is 13.9. The van der Waals surface area contributed by atoms with Gasteiger partial charge in [-0.1, -0.05) is 38.1 Å². The van der Waals surface area contributed by atoms with Crippen LogP contribution in [-0.2, 0) is 11.2 Å². The maximum Gasteiger partial charge on any atom is 0.231 e. The van der Waals surface area contributed by atoms with Gasteiger partial charge in [0.15, 0.2) is 0 Å². The van der Waals surface area contributed by atoms with Gasteiger partial charge in [0.2, 0.25) is 5.91 Å². The molecule has 0 bridgehead atoms. The zero-order valence-corrected chi connectivity index (χ0v) is 11.9. The van der Waals surface area contributed by atoms with E-state index in [9.17, 15) is 4.79 Å². The molecule has 0 aliphatic rings. The number of likely N-dealkylation sites (N-methyl/N-ethyl adjacent to an activating group) is 1. The van der Waals surface area contributed by atoms with Gasteiger partial charge in [-0.15, -0.1) is 0 Å². The maximum atomic E-state index is 12.1. The standard InChI is InChI=1S/C16H24NO/c1-5-17(6-2)16(18)12-15-10-8-7-9-14(15)11-13(3)4/h7-10,12-13H,5-6,11H2,1-4H3. The molecule has 1 radical (unpaired) electrons. The highest BCUT2D eigenvalue weighted by molar-refractivity contribution is 5.88. The normalized spacial score (nSPS) is 10.7. The number of hydrogen-bond acceptors (Lipinski definition) is 1. The van der Waals surface area contributed by atoms with Crippen LogP contribution in [0.1, 0.15) is 38.8 Å². The van der Waals surface area contributed by atoms with Crippen molar-refractivity contribution in [3.8, 4) is 0 Å². The Bertz CT molecular complexity index is 380. The summed E-state index contributed by atoms with van der Waals surface area (Å²) in [5.74, 6) is 0.708. The molecule has 0 saturated heterocycles. The fourth-order valence-electron chi connectivity index (χ4n) is 2.06. The van der Waals surface area contributed by atoms with Crippen molar-refractivity contribution >= 4 is 5.91 Å². The first-order chi connectivity index (χ1) is 8.58. The molecule has 2 nitrogen and oxygen atoms in total. The summed E-state index contributed by atoms with van der Waals surface area (Å²) >= 11 is 0. The molecule has 99 valence electrons. The fraction of sp³-hybridized carbons (Fsp3) is 0.500. The zero-order chi connectivity index (χ0) is 13.5. The van der Waals surface area contributed by atoms with Crippen molar-refractivity contribution in [2.24, 2.45) is 5.92 Å². The minimum atomic E-state index is 0.108. The van der Waals surface area contributed by atoms with Crippen molar-refractivity contribution in [1.82, 2.24) is 4.90 Å². The third-order valence-electron chi connectivity index (χ3n) is 3.04. The molecule has 0 unspecified atom stereocenters. The van der Waals surface area contributed by atoms with Gasteiger partial charge in [-0.2, -0.15) is 0 Å². The Morgan fingerprint density at radius 1 is 1.22 bits per heavy atom. The molecule has 1 rings (SSSR count). The molecular formula is C16H24NO. The second-order valence-corrected chi connectivity index (χ2v) is 4.95. The van der Waals surface area contributed by atoms with Gasteiger partial charge in [0.05, 0.1) is 6.42 Å². The van der Waals surface area contributed by atoms with Crippen molar-refractivity contribution in [2.45, 2.75) is 34.1 Å². The van der Waals surface area contributed by atoms with Crippen molar-refractivity contribution in [3.05, 3.63) is 41.8 Å². The summed E-state index contributed by atoms with van der Waals surface area (Å²) in [6.07, 6.45) is 2.78. The van der Waals surface area contributed by atoms with E-state index in [1.54, 1.807) is 6.42 Å². The van der Waals surface area contributed by atoms with E-state index in [-0.39, 0.29) is 5.91 Å². The summed E-state index contributed by atoms with van der Waals surface area (Å²) in [6.45, 7) is 9.94. The summed E-state index contributed by atoms with van der Waals surface area (Å²) in [7, 11) is 0. The lowest BCUT2D eigenvalue weighted by atomic mass is 9.96. The van der Waals surface area contributed by atoms with Crippen LogP contribution in [0.2, 0.25) is 0 Å². The Balaban J connectivity index is 2.80. The Labute approximate surface area is 111 Å². The van der Waals surface area contributed by atoms with Crippen LogP contribution in [0.4, 0.5) is 0 Å². The number of carbonyl (C=O) groups excluding carboxylic acids is 1. The summed E-state index contributed by atoms with van der Waals surface area (Å²) in [5, 5.41) is 0. The second kappa shape index (κ2) is 7.20. The van der Waals surface area contributed by atoms with Gasteiger partial charge < -0.3 is 4.90 Å². The molecule has 0 atom stereocenters. The molecule has 1 aromatic carbocycles. The van der Waals surface area contributed by atoms with Gasteiger partial charge in [0.25, 0.3) is 0 Å². The van der Waals surface area contributed by atoms with Crippen LogP contribution in [0, 0.1) is 12.3 Å². The van der Waals surface area contributed by atoms with E-state index in [0.717, 1.165) is 25.1 Å². The van der Waals surface area contributed by atoms with Crippen LogP contribution in [0.5, 0.6) is 0 Å². The van der Waals surface area contributed by atoms with E-state index in [4.69, 9.17) is 0 Å². The van der Waals surface area contributed by atoms with Gasteiger partial charge >= 0.3 is 0 Å².